The van der Waals surface area contributed by atoms with Crippen molar-refractivity contribution >= 4 is 27.6 Å². The number of likely N-dealkylation sites (tertiary alicyclic amines) is 1. The standard InChI is InChI=1S/C24H26BrNO3/c25-21-8-6-20(7-9-21)24(12-16-29-17-13-24)23(28)26-14-10-19(11-15-26)22(27)18-4-2-1-3-5-18/h1-9,19H,10-17H2. The monoisotopic (exact) mass is 455 g/mol. The molecule has 2 saturated heterocycles. The van der Waals surface area contributed by atoms with Crippen molar-refractivity contribution < 1.29 is 14.3 Å². The maximum absolute atomic E-state index is 13.7. The largest absolute Gasteiger partial charge is 0.381 e. The number of halogens is 1. The van der Waals surface area contributed by atoms with Crippen LogP contribution in [0.5, 0.6) is 0 Å². The molecule has 0 N–H and O–H groups in total. The van der Waals surface area contributed by atoms with E-state index in [0.29, 0.717) is 39.1 Å². The number of piperidine rings is 1. The molecule has 0 unspecified atom stereocenters. The van der Waals surface area contributed by atoms with Gasteiger partial charge < -0.3 is 9.64 Å². The Morgan fingerprint density at radius 2 is 1.55 bits per heavy atom. The van der Waals surface area contributed by atoms with Gasteiger partial charge in [0, 0.05) is 42.3 Å². The smallest absolute Gasteiger partial charge is 0.233 e. The SMILES string of the molecule is O=C(c1ccccc1)C1CCN(C(=O)C2(c3ccc(Br)cc3)CCOCC2)CC1. The summed E-state index contributed by atoms with van der Waals surface area (Å²) in [6.45, 7) is 2.48. The van der Waals surface area contributed by atoms with E-state index in [1.54, 1.807) is 0 Å². The van der Waals surface area contributed by atoms with Crippen molar-refractivity contribution in [2.45, 2.75) is 31.1 Å². The second-order valence-corrected chi connectivity index (χ2v) is 8.91. The third-order valence-corrected chi connectivity index (χ3v) is 6.89. The van der Waals surface area contributed by atoms with E-state index in [-0.39, 0.29) is 17.6 Å². The molecular formula is C24H26BrNO3. The Bertz CT molecular complexity index is 851. The quantitative estimate of drug-likeness (QED) is 0.631. The summed E-state index contributed by atoms with van der Waals surface area (Å²) < 4.78 is 6.59. The Kier molecular flexibility index (Phi) is 6.16. The number of Topliss-reactive ketones (excluding diaryl/α,β-unsaturated/α-hetero) is 1. The van der Waals surface area contributed by atoms with Crippen LogP contribution in [0.2, 0.25) is 0 Å². The van der Waals surface area contributed by atoms with Crippen molar-refractivity contribution in [1.82, 2.24) is 4.90 Å². The fourth-order valence-electron chi connectivity index (χ4n) is 4.60. The average molecular weight is 456 g/mol. The van der Waals surface area contributed by atoms with Crippen LogP contribution in [0.15, 0.2) is 59.1 Å². The van der Waals surface area contributed by atoms with E-state index in [1.807, 2.05) is 47.4 Å². The molecule has 0 atom stereocenters. The van der Waals surface area contributed by atoms with E-state index in [2.05, 4.69) is 28.1 Å². The summed E-state index contributed by atoms with van der Waals surface area (Å²) in [5.74, 6) is 0.389. The van der Waals surface area contributed by atoms with Crippen molar-refractivity contribution in [3.05, 3.63) is 70.2 Å². The second kappa shape index (κ2) is 8.80. The van der Waals surface area contributed by atoms with Gasteiger partial charge in [0.25, 0.3) is 0 Å². The average Bonchev–Trinajstić information content (AvgIpc) is 2.80. The van der Waals surface area contributed by atoms with Gasteiger partial charge >= 0.3 is 0 Å². The first kappa shape index (κ1) is 20.3. The molecule has 0 aliphatic carbocycles. The minimum absolute atomic E-state index is 0.000213. The number of carbonyl (C=O) groups excluding carboxylic acids is 2. The molecule has 5 heteroatoms. The summed E-state index contributed by atoms with van der Waals surface area (Å²) in [4.78, 5) is 28.4. The summed E-state index contributed by atoms with van der Waals surface area (Å²) in [7, 11) is 0. The summed E-state index contributed by atoms with van der Waals surface area (Å²) in [5, 5.41) is 0. The Morgan fingerprint density at radius 3 is 2.17 bits per heavy atom. The van der Waals surface area contributed by atoms with E-state index in [9.17, 15) is 9.59 Å². The number of ketones is 1. The van der Waals surface area contributed by atoms with Crippen molar-refractivity contribution in [2.24, 2.45) is 5.92 Å². The van der Waals surface area contributed by atoms with Crippen LogP contribution < -0.4 is 0 Å². The molecule has 0 saturated carbocycles. The molecule has 2 aliphatic rings. The molecule has 0 bridgehead atoms. The molecule has 29 heavy (non-hydrogen) atoms. The van der Waals surface area contributed by atoms with Crippen molar-refractivity contribution in [3.8, 4) is 0 Å². The Morgan fingerprint density at radius 1 is 0.931 bits per heavy atom. The molecule has 1 amide bonds. The van der Waals surface area contributed by atoms with Crippen molar-refractivity contribution in [2.75, 3.05) is 26.3 Å². The fraction of sp³-hybridized carbons (Fsp3) is 0.417. The topological polar surface area (TPSA) is 46.6 Å². The molecule has 4 nitrogen and oxygen atoms in total. The minimum Gasteiger partial charge on any atom is -0.381 e. The lowest BCUT2D eigenvalue weighted by Gasteiger charge is -2.42. The predicted octanol–water partition coefficient (Wildman–Crippen LogP) is 4.62. The maximum Gasteiger partial charge on any atom is 0.233 e. The van der Waals surface area contributed by atoms with E-state index < -0.39 is 5.41 Å². The number of hydrogen-bond donors (Lipinski definition) is 0. The zero-order valence-electron chi connectivity index (χ0n) is 16.5. The van der Waals surface area contributed by atoms with E-state index in [0.717, 1.165) is 28.4 Å². The van der Waals surface area contributed by atoms with Gasteiger partial charge in [-0.3, -0.25) is 9.59 Å². The van der Waals surface area contributed by atoms with Crippen molar-refractivity contribution in [1.29, 1.82) is 0 Å². The number of hydrogen-bond acceptors (Lipinski definition) is 3. The van der Waals surface area contributed by atoms with Crippen LogP contribution in [-0.4, -0.2) is 42.9 Å². The molecule has 0 aromatic heterocycles. The molecule has 2 aliphatic heterocycles. The van der Waals surface area contributed by atoms with Crippen molar-refractivity contribution in [3.63, 3.8) is 0 Å². The van der Waals surface area contributed by atoms with Gasteiger partial charge in [-0.25, -0.2) is 0 Å². The third-order valence-electron chi connectivity index (χ3n) is 6.36. The highest BCUT2D eigenvalue weighted by molar-refractivity contribution is 9.10. The van der Waals surface area contributed by atoms with Crippen LogP contribution in [0.1, 0.15) is 41.6 Å². The molecule has 2 aromatic rings. The first-order valence-electron chi connectivity index (χ1n) is 10.3. The highest BCUT2D eigenvalue weighted by atomic mass is 79.9. The lowest BCUT2D eigenvalue weighted by molar-refractivity contribution is -0.142. The first-order chi connectivity index (χ1) is 14.1. The Labute approximate surface area is 180 Å². The predicted molar refractivity (Wildman–Crippen MR) is 116 cm³/mol. The number of nitrogens with zero attached hydrogens (tertiary/aromatic N) is 1. The molecular weight excluding hydrogens is 430 g/mol. The maximum atomic E-state index is 13.7. The molecule has 152 valence electrons. The Hall–Kier alpha value is -1.98. The first-order valence-corrected chi connectivity index (χ1v) is 11.1. The highest BCUT2D eigenvalue weighted by Gasteiger charge is 2.45. The molecule has 2 aromatic carbocycles. The molecule has 4 rings (SSSR count). The summed E-state index contributed by atoms with van der Waals surface area (Å²) >= 11 is 3.49. The van der Waals surface area contributed by atoms with E-state index in [4.69, 9.17) is 4.74 Å². The molecule has 2 heterocycles. The zero-order chi connectivity index (χ0) is 20.3. The van der Waals surface area contributed by atoms with Gasteiger partial charge in [-0.05, 0) is 43.4 Å². The zero-order valence-corrected chi connectivity index (χ0v) is 18.1. The fourth-order valence-corrected chi connectivity index (χ4v) is 4.86. The van der Waals surface area contributed by atoms with Gasteiger partial charge in [-0.15, -0.1) is 0 Å². The molecule has 2 fully saturated rings. The number of amides is 1. The summed E-state index contributed by atoms with van der Waals surface area (Å²) in [5.41, 5.74) is 1.32. The number of carbonyl (C=O) groups is 2. The van der Waals surface area contributed by atoms with Crippen LogP contribution in [-0.2, 0) is 14.9 Å². The number of ether oxygens (including phenoxy) is 1. The lowest BCUT2D eigenvalue weighted by atomic mass is 9.72. The van der Waals surface area contributed by atoms with Crippen LogP contribution in [0, 0.1) is 5.92 Å². The van der Waals surface area contributed by atoms with Crippen LogP contribution in [0.3, 0.4) is 0 Å². The van der Waals surface area contributed by atoms with Crippen LogP contribution >= 0.6 is 15.9 Å². The molecule has 0 spiro atoms. The number of benzene rings is 2. The van der Waals surface area contributed by atoms with Crippen LogP contribution in [0.25, 0.3) is 0 Å². The Balaban J connectivity index is 1.48. The normalized spacial score (nSPS) is 19.7. The molecule has 0 radical (unpaired) electrons. The second-order valence-electron chi connectivity index (χ2n) is 8.00. The van der Waals surface area contributed by atoms with Gasteiger partial charge in [0.15, 0.2) is 5.78 Å². The van der Waals surface area contributed by atoms with Gasteiger partial charge in [0.1, 0.15) is 0 Å². The summed E-state index contributed by atoms with van der Waals surface area (Å²) in [6.07, 6.45) is 2.87. The number of rotatable bonds is 4. The third kappa shape index (κ3) is 4.17. The van der Waals surface area contributed by atoms with Crippen LogP contribution in [0.4, 0.5) is 0 Å². The van der Waals surface area contributed by atoms with E-state index >= 15 is 0 Å². The summed E-state index contributed by atoms with van der Waals surface area (Å²) in [6, 6.07) is 17.6. The van der Waals surface area contributed by atoms with Gasteiger partial charge in [-0.2, -0.15) is 0 Å². The van der Waals surface area contributed by atoms with Gasteiger partial charge in [-0.1, -0.05) is 58.4 Å². The lowest BCUT2D eigenvalue weighted by Crippen LogP contribution is -2.52. The van der Waals surface area contributed by atoms with E-state index in [1.165, 1.54) is 0 Å². The van der Waals surface area contributed by atoms with Gasteiger partial charge in [0.05, 0.1) is 5.41 Å². The highest BCUT2D eigenvalue weighted by Crippen LogP contribution is 2.38. The minimum atomic E-state index is -0.519. The van der Waals surface area contributed by atoms with Gasteiger partial charge in [0.2, 0.25) is 5.91 Å².